The highest BCUT2D eigenvalue weighted by Gasteiger charge is 2.10. The number of benzene rings is 1. The van der Waals surface area contributed by atoms with E-state index in [0.29, 0.717) is 6.04 Å². The zero-order chi connectivity index (χ0) is 15.7. The SMILES string of the molecule is CCCNC(C)c1ccc(OCC)c(CSCC(C)C)c1. The molecule has 0 bridgehead atoms. The molecule has 1 aromatic rings. The van der Waals surface area contributed by atoms with Gasteiger partial charge in [-0.2, -0.15) is 11.8 Å². The first-order valence-electron chi connectivity index (χ1n) is 8.15. The number of hydrogen-bond donors (Lipinski definition) is 1. The minimum atomic E-state index is 0.398. The molecule has 0 amide bonds. The van der Waals surface area contributed by atoms with E-state index < -0.39 is 0 Å². The van der Waals surface area contributed by atoms with E-state index in [-0.39, 0.29) is 0 Å². The zero-order valence-corrected chi connectivity index (χ0v) is 15.1. The number of hydrogen-bond acceptors (Lipinski definition) is 3. The highest BCUT2D eigenvalue weighted by molar-refractivity contribution is 7.98. The van der Waals surface area contributed by atoms with Gasteiger partial charge in [0, 0.05) is 17.4 Å². The predicted octanol–water partition coefficient (Wildman–Crippen LogP) is 5.04. The third-order valence-corrected chi connectivity index (χ3v) is 4.71. The molecular formula is C18H31NOS. The van der Waals surface area contributed by atoms with Gasteiger partial charge in [0.1, 0.15) is 5.75 Å². The maximum Gasteiger partial charge on any atom is 0.123 e. The fourth-order valence-corrected chi connectivity index (χ4v) is 3.20. The lowest BCUT2D eigenvalue weighted by Gasteiger charge is -2.17. The summed E-state index contributed by atoms with van der Waals surface area (Å²) in [5.74, 6) is 4.00. The molecule has 1 unspecified atom stereocenters. The molecule has 1 rings (SSSR count). The lowest BCUT2D eigenvalue weighted by Crippen LogP contribution is -2.19. The van der Waals surface area contributed by atoms with E-state index in [4.69, 9.17) is 4.74 Å². The molecule has 0 saturated carbocycles. The van der Waals surface area contributed by atoms with Crippen LogP contribution in [0.1, 0.15) is 58.2 Å². The maximum absolute atomic E-state index is 5.78. The van der Waals surface area contributed by atoms with Crippen LogP contribution in [0, 0.1) is 5.92 Å². The molecular weight excluding hydrogens is 278 g/mol. The first kappa shape index (κ1) is 18.4. The highest BCUT2D eigenvalue weighted by atomic mass is 32.2. The third-order valence-electron chi connectivity index (χ3n) is 3.29. The zero-order valence-electron chi connectivity index (χ0n) is 14.2. The molecule has 0 aliphatic carbocycles. The fraction of sp³-hybridized carbons (Fsp3) is 0.667. The molecule has 2 nitrogen and oxygen atoms in total. The molecule has 0 aliphatic rings. The van der Waals surface area contributed by atoms with Crippen molar-refractivity contribution in [2.45, 2.75) is 52.8 Å². The van der Waals surface area contributed by atoms with Crippen molar-refractivity contribution in [2.75, 3.05) is 18.9 Å². The van der Waals surface area contributed by atoms with Gasteiger partial charge < -0.3 is 10.1 Å². The summed E-state index contributed by atoms with van der Waals surface area (Å²) in [4.78, 5) is 0. The molecule has 3 heteroatoms. The van der Waals surface area contributed by atoms with Crippen LogP contribution in [0.2, 0.25) is 0 Å². The van der Waals surface area contributed by atoms with Crippen molar-refractivity contribution in [1.29, 1.82) is 0 Å². The minimum Gasteiger partial charge on any atom is -0.494 e. The molecule has 21 heavy (non-hydrogen) atoms. The molecule has 0 heterocycles. The Bertz CT molecular complexity index is 406. The van der Waals surface area contributed by atoms with Gasteiger partial charge in [0.05, 0.1) is 6.61 Å². The minimum absolute atomic E-state index is 0.398. The summed E-state index contributed by atoms with van der Waals surface area (Å²) in [7, 11) is 0. The summed E-state index contributed by atoms with van der Waals surface area (Å²) < 4.78 is 5.78. The average Bonchev–Trinajstić information content (AvgIpc) is 2.46. The van der Waals surface area contributed by atoms with Crippen molar-refractivity contribution in [2.24, 2.45) is 5.92 Å². The standard InChI is InChI=1S/C18H31NOS/c1-6-10-19-15(5)16-8-9-18(20-7-2)17(11-16)13-21-12-14(3)4/h8-9,11,14-15,19H,6-7,10,12-13H2,1-5H3. The molecule has 0 radical (unpaired) electrons. The Balaban J connectivity index is 2.78. The first-order chi connectivity index (χ1) is 10.1. The van der Waals surface area contributed by atoms with Gasteiger partial charge in [-0.05, 0) is 56.2 Å². The van der Waals surface area contributed by atoms with Gasteiger partial charge in [0.25, 0.3) is 0 Å². The van der Waals surface area contributed by atoms with Crippen molar-refractivity contribution in [3.63, 3.8) is 0 Å². The van der Waals surface area contributed by atoms with Crippen molar-refractivity contribution in [1.82, 2.24) is 5.32 Å². The van der Waals surface area contributed by atoms with E-state index in [1.54, 1.807) is 0 Å². The quantitative estimate of drug-likeness (QED) is 0.654. The summed E-state index contributed by atoms with van der Waals surface area (Å²) >= 11 is 1.99. The van der Waals surface area contributed by atoms with Crippen LogP contribution in [0.4, 0.5) is 0 Å². The smallest absolute Gasteiger partial charge is 0.123 e. The van der Waals surface area contributed by atoms with E-state index in [2.05, 4.69) is 51.2 Å². The summed E-state index contributed by atoms with van der Waals surface area (Å²) in [6.45, 7) is 12.8. The summed E-state index contributed by atoms with van der Waals surface area (Å²) in [6.07, 6.45) is 1.17. The van der Waals surface area contributed by atoms with Crippen molar-refractivity contribution >= 4 is 11.8 Å². The lowest BCUT2D eigenvalue weighted by atomic mass is 10.0. The highest BCUT2D eigenvalue weighted by Crippen LogP contribution is 2.28. The fourth-order valence-electron chi connectivity index (χ4n) is 2.16. The molecule has 0 fully saturated rings. The molecule has 120 valence electrons. The van der Waals surface area contributed by atoms with Gasteiger partial charge in [-0.15, -0.1) is 0 Å². The summed E-state index contributed by atoms with van der Waals surface area (Å²) in [5.41, 5.74) is 2.68. The molecule has 0 saturated heterocycles. The van der Waals surface area contributed by atoms with Crippen LogP contribution in [0.15, 0.2) is 18.2 Å². The second-order valence-electron chi connectivity index (χ2n) is 5.88. The van der Waals surface area contributed by atoms with Crippen molar-refractivity contribution in [3.05, 3.63) is 29.3 Å². The lowest BCUT2D eigenvalue weighted by molar-refractivity contribution is 0.337. The van der Waals surface area contributed by atoms with E-state index >= 15 is 0 Å². The molecule has 1 atom stereocenters. The molecule has 0 aliphatic heterocycles. The van der Waals surface area contributed by atoms with E-state index in [1.165, 1.54) is 23.3 Å². The van der Waals surface area contributed by atoms with Crippen molar-refractivity contribution < 1.29 is 4.74 Å². The summed E-state index contributed by atoms with van der Waals surface area (Å²) in [5, 5.41) is 3.55. The molecule has 1 N–H and O–H groups in total. The topological polar surface area (TPSA) is 21.3 Å². The van der Waals surface area contributed by atoms with Crippen LogP contribution in [-0.4, -0.2) is 18.9 Å². The second-order valence-corrected chi connectivity index (χ2v) is 6.92. The number of ether oxygens (including phenoxy) is 1. The Morgan fingerprint density at radius 1 is 1.19 bits per heavy atom. The summed E-state index contributed by atoms with van der Waals surface area (Å²) in [6, 6.07) is 7.03. The van der Waals surface area contributed by atoms with Crippen molar-refractivity contribution in [3.8, 4) is 5.75 Å². The Labute approximate surface area is 135 Å². The Kier molecular flexibility index (Phi) is 8.86. The van der Waals surface area contributed by atoms with Crippen LogP contribution in [0.3, 0.4) is 0 Å². The van der Waals surface area contributed by atoms with Gasteiger partial charge in [-0.1, -0.05) is 26.8 Å². The van der Waals surface area contributed by atoms with E-state index in [1.807, 2.05) is 18.7 Å². The van der Waals surface area contributed by atoms with Crippen LogP contribution < -0.4 is 10.1 Å². The van der Waals surface area contributed by atoms with E-state index in [9.17, 15) is 0 Å². The normalized spacial score (nSPS) is 12.7. The van der Waals surface area contributed by atoms with Gasteiger partial charge >= 0.3 is 0 Å². The largest absolute Gasteiger partial charge is 0.494 e. The Hall–Kier alpha value is -0.670. The number of rotatable bonds is 10. The Morgan fingerprint density at radius 2 is 1.95 bits per heavy atom. The van der Waals surface area contributed by atoms with Crippen LogP contribution in [-0.2, 0) is 5.75 Å². The maximum atomic E-state index is 5.78. The van der Waals surface area contributed by atoms with Gasteiger partial charge in [-0.25, -0.2) is 0 Å². The number of thioether (sulfide) groups is 1. The van der Waals surface area contributed by atoms with Gasteiger partial charge in [0.2, 0.25) is 0 Å². The molecule has 0 spiro atoms. The first-order valence-corrected chi connectivity index (χ1v) is 9.30. The molecule has 0 aromatic heterocycles. The Morgan fingerprint density at radius 3 is 2.57 bits per heavy atom. The monoisotopic (exact) mass is 309 g/mol. The third kappa shape index (κ3) is 6.75. The number of nitrogens with one attached hydrogen (secondary N) is 1. The van der Waals surface area contributed by atoms with Gasteiger partial charge in [-0.3, -0.25) is 0 Å². The van der Waals surface area contributed by atoms with Gasteiger partial charge in [0.15, 0.2) is 0 Å². The van der Waals surface area contributed by atoms with Crippen LogP contribution >= 0.6 is 11.8 Å². The molecule has 1 aromatic carbocycles. The predicted molar refractivity (Wildman–Crippen MR) is 95.3 cm³/mol. The van der Waals surface area contributed by atoms with Crippen LogP contribution in [0.25, 0.3) is 0 Å². The van der Waals surface area contributed by atoms with E-state index in [0.717, 1.165) is 30.6 Å². The van der Waals surface area contributed by atoms with Crippen LogP contribution in [0.5, 0.6) is 5.75 Å². The second kappa shape index (κ2) is 10.1. The average molecular weight is 310 g/mol.